The number of benzene rings is 1. The van der Waals surface area contributed by atoms with Gasteiger partial charge < -0.3 is 15.3 Å². The molecule has 7 heteroatoms. The van der Waals surface area contributed by atoms with Gasteiger partial charge in [-0.15, -0.1) is 11.3 Å². The standard InChI is InChI=1S/C21H25N5OS/c1-13(2)11-22-21-23-14(3)18(19(25-21)26-10-6-7-15(26)12-27)20-24-16-8-4-5-9-17(16)28-20/h4-5,8-9,15,27H,1,6-7,10-12H2,2-3H3,(H,22,23,25)/t15-/m0/s1. The molecule has 28 heavy (non-hydrogen) atoms. The Labute approximate surface area is 169 Å². The quantitative estimate of drug-likeness (QED) is 0.614. The Morgan fingerprint density at radius 1 is 1.32 bits per heavy atom. The number of anilines is 2. The Balaban J connectivity index is 1.84. The number of para-hydroxylation sites is 1. The van der Waals surface area contributed by atoms with E-state index in [2.05, 4.69) is 27.8 Å². The smallest absolute Gasteiger partial charge is 0.225 e. The number of aliphatic hydroxyl groups is 1. The molecule has 146 valence electrons. The van der Waals surface area contributed by atoms with Crippen LogP contribution in [0.2, 0.25) is 0 Å². The van der Waals surface area contributed by atoms with Crippen LogP contribution in [0.5, 0.6) is 0 Å². The fraction of sp³-hybridized carbons (Fsp3) is 0.381. The van der Waals surface area contributed by atoms with Gasteiger partial charge in [-0.25, -0.2) is 9.97 Å². The highest BCUT2D eigenvalue weighted by molar-refractivity contribution is 7.21. The van der Waals surface area contributed by atoms with Crippen molar-refractivity contribution in [3.8, 4) is 10.6 Å². The van der Waals surface area contributed by atoms with E-state index in [1.807, 2.05) is 32.0 Å². The highest BCUT2D eigenvalue weighted by Crippen LogP contribution is 2.39. The van der Waals surface area contributed by atoms with E-state index in [1.165, 1.54) is 0 Å². The molecule has 3 heterocycles. The summed E-state index contributed by atoms with van der Waals surface area (Å²) in [5, 5.41) is 14.0. The number of hydrogen-bond acceptors (Lipinski definition) is 7. The van der Waals surface area contributed by atoms with E-state index in [0.717, 1.165) is 57.3 Å². The lowest BCUT2D eigenvalue weighted by atomic mass is 10.2. The van der Waals surface area contributed by atoms with Crippen LogP contribution in [0.4, 0.5) is 11.8 Å². The van der Waals surface area contributed by atoms with Gasteiger partial charge in [0.25, 0.3) is 0 Å². The first kappa shape index (κ1) is 18.8. The molecule has 6 nitrogen and oxygen atoms in total. The second-order valence-electron chi connectivity index (χ2n) is 7.30. The first-order chi connectivity index (χ1) is 13.6. The fourth-order valence-corrected chi connectivity index (χ4v) is 4.67. The summed E-state index contributed by atoms with van der Waals surface area (Å²) in [7, 11) is 0. The largest absolute Gasteiger partial charge is 0.394 e. The first-order valence-electron chi connectivity index (χ1n) is 9.57. The average molecular weight is 396 g/mol. The molecule has 1 saturated heterocycles. The maximum Gasteiger partial charge on any atom is 0.225 e. The molecule has 2 N–H and O–H groups in total. The molecule has 3 aromatic rings. The van der Waals surface area contributed by atoms with Crippen molar-refractivity contribution in [1.29, 1.82) is 0 Å². The summed E-state index contributed by atoms with van der Waals surface area (Å²) < 4.78 is 1.15. The number of aromatic nitrogens is 3. The third-order valence-corrected chi connectivity index (χ3v) is 6.04. The van der Waals surface area contributed by atoms with Gasteiger partial charge in [-0.1, -0.05) is 24.3 Å². The molecule has 0 aliphatic carbocycles. The van der Waals surface area contributed by atoms with Gasteiger partial charge in [0, 0.05) is 13.1 Å². The molecule has 4 rings (SSSR count). The summed E-state index contributed by atoms with van der Waals surface area (Å²) in [5.41, 5.74) is 3.85. The Morgan fingerprint density at radius 2 is 2.14 bits per heavy atom. The van der Waals surface area contributed by atoms with Gasteiger partial charge in [0.15, 0.2) is 0 Å². The Hall–Kier alpha value is -2.51. The van der Waals surface area contributed by atoms with E-state index in [1.54, 1.807) is 11.3 Å². The third-order valence-electron chi connectivity index (χ3n) is 4.99. The van der Waals surface area contributed by atoms with Gasteiger partial charge in [0.05, 0.1) is 34.1 Å². The van der Waals surface area contributed by atoms with E-state index in [9.17, 15) is 5.11 Å². The second kappa shape index (κ2) is 7.85. The van der Waals surface area contributed by atoms with Crippen LogP contribution in [0.3, 0.4) is 0 Å². The number of nitrogens with one attached hydrogen (secondary N) is 1. The topological polar surface area (TPSA) is 74.2 Å². The summed E-state index contributed by atoms with van der Waals surface area (Å²) in [6, 6.07) is 8.23. The van der Waals surface area contributed by atoms with Gasteiger partial charge in [-0.3, -0.25) is 0 Å². The minimum absolute atomic E-state index is 0.0800. The lowest BCUT2D eigenvalue weighted by molar-refractivity contribution is 0.266. The molecule has 0 amide bonds. The average Bonchev–Trinajstić information content (AvgIpc) is 3.32. The molecule has 0 bridgehead atoms. The second-order valence-corrected chi connectivity index (χ2v) is 8.33. The summed E-state index contributed by atoms with van der Waals surface area (Å²) in [6.07, 6.45) is 2.01. The Kier molecular flexibility index (Phi) is 5.28. The number of rotatable bonds is 6. The minimum atomic E-state index is 0.0800. The molecule has 1 atom stereocenters. The molecule has 1 aliphatic rings. The molecule has 1 aliphatic heterocycles. The van der Waals surface area contributed by atoms with Crippen LogP contribution in [0.15, 0.2) is 36.4 Å². The molecule has 0 spiro atoms. The van der Waals surface area contributed by atoms with Gasteiger partial charge in [0.1, 0.15) is 10.8 Å². The van der Waals surface area contributed by atoms with Crippen molar-refractivity contribution < 1.29 is 5.11 Å². The number of hydrogen-bond donors (Lipinski definition) is 2. The number of aryl methyl sites for hydroxylation is 1. The predicted octanol–water partition coefficient (Wildman–Crippen LogP) is 4.01. The summed E-state index contributed by atoms with van der Waals surface area (Å²) in [4.78, 5) is 16.6. The van der Waals surface area contributed by atoms with E-state index >= 15 is 0 Å². The zero-order valence-corrected chi connectivity index (χ0v) is 17.1. The third kappa shape index (κ3) is 3.59. The maximum atomic E-state index is 9.86. The molecular weight excluding hydrogens is 370 g/mol. The van der Waals surface area contributed by atoms with Gasteiger partial charge in [-0.2, -0.15) is 4.98 Å². The zero-order valence-electron chi connectivity index (χ0n) is 16.3. The van der Waals surface area contributed by atoms with E-state index in [4.69, 9.17) is 9.97 Å². The Bertz CT molecular complexity index is 982. The predicted molar refractivity (Wildman–Crippen MR) is 116 cm³/mol. The van der Waals surface area contributed by atoms with Crippen molar-refractivity contribution >= 4 is 33.3 Å². The fourth-order valence-electron chi connectivity index (χ4n) is 3.61. The van der Waals surface area contributed by atoms with Gasteiger partial charge in [-0.05, 0) is 38.8 Å². The normalized spacial score (nSPS) is 16.7. The molecule has 1 fully saturated rings. The SMILES string of the molecule is C=C(C)CNc1nc(C)c(-c2nc3ccccc3s2)c(N2CCC[C@H]2CO)n1. The van der Waals surface area contributed by atoms with Crippen LogP contribution in [0.25, 0.3) is 20.8 Å². The van der Waals surface area contributed by atoms with Crippen LogP contribution >= 0.6 is 11.3 Å². The van der Waals surface area contributed by atoms with Crippen LogP contribution in [-0.2, 0) is 0 Å². The summed E-state index contributed by atoms with van der Waals surface area (Å²) >= 11 is 1.66. The van der Waals surface area contributed by atoms with Crippen molar-refractivity contribution in [3.05, 3.63) is 42.1 Å². The molecule has 0 unspecified atom stereocenters. The molecule has 0 saturated carbocycles. The monoisotopic (exact) mass is 395 g/mol. The summed E-state index contributed by atoms with van der Waals surface area (Å²) in [6.45, 7) is 9.53. The minimum Gasteiger partial charge on any atom is -0.394 e. The van der Waals surface area contributed by atoms with Crippen LogP contribution in [0, 0.1) is 6.92 Å². The number of fused-ring (bicyclic) bond motifs is 1. The molecule has 1 aromatic carbocycles. The lowest BCUT2D eigenvalue weighted by Gasteiger charge is -2.27. The van der Waals surface area contributed by atoms with E-state index < -0.39 is 0 Å². The first-order valence-corrected chi connectivity index (χ1v) is 10.4. The maximum absolute atomic E-state index is 9.86. The highest BCUT2D eigenvalue weighted by Gasteiger charge is 2.30. The van der Waals surface area contributed by atoms with Crippen molar-refractivity contribution in [3.63, 3.8) is 0 Å². The van der Waals surface area contributed by atoms with E-state index in [-0.39, 0.29) is 12.6 Å². The van der Waals surface area contributed by atoms with Crippen molar-refractivity contribution in [2.45, 2.75) is 32.7 Å². The lowest BCUT2D eigenvalue weighted by Crippen LogP contribution is -2.33. The van der Waals surface area contributed by atoms with Crippen molar-refractivity contribution in [1.82, 2.24) is 15.0 Å². The molecule has 0 radical (unpaired) electrons. The zero-order chi connectivity index (χ0) is 19.7. The number of aliphatic hydroxyl groups excluding tert-OH is 1. The van der Waals surface area contributed by atoms with Crippen LogP contribution in [-0.4, -0.2) is 45.8 Å². The van der Waals surface area contributed by atoms with Gasteiger partial charge >= 0.3 is 0 Å². The van der Waals surface area contributed by atoms with Crippen LogP contribution < -0.4 is 10.2 Å². The number of nitrogens with zero attached hydrogens (tertiary/aromatic N) is 4. The highest BCUT2D eigenvalue weighted by atomic mass is 32.1. The summed E-state index contributed by atoms with van der Waals surface area (Å²) in [5.74, 6) is 1.44. The van der Waals surface area contributed by atoms with Gasteiger partial charge in [0.2, 0.25) is 5.95 Å². The molecular formula is C21H25N5OS. The Morgan fingerprint density at radius 3 is 2.89 bits per heavy atom. The van der Waals surface area contributed by atoms with Crippen LogP contribution in [0.1, 0.15) is 25.5 Å². The number of thiazole rings is 1. The van der Waals surface area contributed by atoms with Crippen molar-refractivity contribution in [2.75, 3.05) is 29.9 Å². The van der Waals surface area contributed by atoms with E-state index in [0.29, 0.717) is 12.5 Å². The molecule has 2 aromatic heterocycles. The van der Waals surface area contributed by atoms with Crippen molar-refractivity contribution in [2.24, 2.45) is 0 Å².